The van der Waals surface area contributed by atoms with Gasteiger partial charge in [-0.1, -0.05) is 11.6 Å². The van der Waals surface area contributed by atoms with Crippen LogP contribution < -0.4 is 5.32 Å². The third-order valence-corrected chi connectivity index (χ3v) is 2.72. The van der Waals surface area contributed by atoms with Crippen molar-refractivity contribution in [1.29, 1.82) is 0 Å². The van der Waals surface area contributed by atoms with E-state index in [1.54, 1.807) is 13.0 Å². The summed E-state index contributed by atoms with van der Waals surface area (Å²) in [7, 11) is 0. The van der Waals surface area contributed by atoms with Gasteiger partial charge in [-0.2, -0.15) is 0 Å². The molecule has 6 heteroatoms. The summed E-state index contributed by atoms with van der Waals surface area (Å²) in [5, 5.41) is 2.94. The van der Waals surface area contributed by atoms with Gasteiger partial charge in [-0.05, 0) is 32.3 Å². The van der Waals surface area contributed by atoms with Gasteiger partial charge in [0.15, 0.2) is 0 Å². The van der Waals surface area contributed by atoms with Crippen molar-refractivity contribution in [2.75, 3.05) is 11.9 Å². The second-order valence-electron chi connectivity index (χ2n) is 4.00. The van der Waals surface area contributed by atoms with Crippen LogP contribution >= 0.6 is 11.6 Å². The zero-order valence-electron chi connectivity index (χ0n) is 9.57. The molecule has 17 heavy (non-hydrogen) atoms. The number of hydrogen-bond donors (Lipinski definition) is 1. The molecule has 1 N–H and O–H groups in total. The van der Waals surface area contributed by atoms with Crippen LogP contribution in [0, 0.1) is 6.92 Å². The van der Waals surface area contributed by atoms with Crippen molar-refractivity contribution in [1.82, 2.24) is 9.97 Å². The molecule has 0 saturated carbocycles. The highest BCUT2D eigenvalue weighted by molar-refractivity contribution is 6.29. The number of anilines is 1. The maximum absolute atomic E-state index is 11.8. The number of hydrogen-bond acceptors (Lipinski definition) is 4. The third kappa shape index (κ3) is 3.38. The first kappa shape index (κ1) is 12.3. The number of nitrogens with one attached hydrogen (secondary N) is 1. The van der Waals surface area contributed by atoms with E-state index in [1.165, 1.54) is 0 Å². The number of rotatable bonds is 2. The predicted molar refractivity (Wildman–Crippen MR) is 64.0 cm³/mol. The van der Waals surface area contributed by atoms with Gasteiger partial charge in [0.25, 0.3) is 5.91 Å². The number of halogens is 1. The number of ether oxygens (including phenoxy) is 1. The van der Waals surface area contributed by atoms with Gasteiger partial charge >= 0.3 is 0 Å². The molecule has 5 nitrogen and oxygen atoms in total. The highest BCUT2D eigenvalue weighted by Crippen LogP contribution is 2.15. The Morgan fingerprint density at radius 3 is 3.00 bits per heavy atom. The molecule has 0 radical (unpaired) electrons. The minimum Gasteiger partial charge on any atom is -0.368 e. The van der Waals surface area contributed by atoms with E-state index >= 15 is 0 Å². The van der Waals surface area contributed by atoms with Gasteiger partial charge in [-0.3, -0.25) is 10.1 Å². The van der Waals surface area contributed by atoms with E-state index in [4.69, 9.17) is 16.3 Å². The first-order valence-electron chi connectivity index (χ1n) is 5.59. The molecule has 1 saturated heterocycles. The summed E-state index contributed by atoms with van der Waals surface area (Å²) in [6, 6.07) is 1.63. The van der Waals surface area contributed by atoms with Gasteiger partial charge in [0.2, 0.25) is 5.95 Å². The normalized spacial score (nSPS) is 20.0. The van der Waals surface area contributed by atoms with E-state index in [-0.39, 0.29) is 11.9 Å². The van der Waals surface area contributed by atoms with Crippen LogP contribution in [0.4, 0.5) is 5.95 Å². The lowest BCUT2D eigenvalue weighted by Gasteiger charge is -2.21. The second kappa shape index (κ2) is 5.42. The SMILES string of the molecule is Cc1cc(Cl)nc(NC(=O)C2CCCCO2)n1. The Bertz CT molecular complexity index is 399. The average Bonchev–Trinajstić information content (AvgIpc) is 2.28. The van der Waals surface area contributed by atoms with E-state index in [2.05, 4.69) is 15.3 Å². The molecular weight excluding hydrogens is 242 g/mol. The van der Waals surface area contributed by atoms with E-state index < -0.39 is 6.10 Å². The number of carbonyl (C=O) groups is 1. The highest BCUT2D eigenvalue weighted by Gasteiger charge is 2.22. The monoisotopic (exact) mass is 255 g/mol. The quantitative estimate of drug-likeness (QED) is 0.821. The van der Waals surface area contributed by atoms with Crippen molar-refractivity contribution in [2.24, 2.45) is 0 Å². The molecule has 1 aliphatic heterocycles. The molecule has 2 heterocycles. The van der Waals surface area contributed by atoms with Crippen LogP contribution in [-0.2, 0) is 9.53 Å². The highest BCUT2D eigenvalue weighted by atomic mass is 35.5. The van der Waals surface area contributed by atoms with Crippen molar-refractivity contribution >= 4 is 23.5 Å². The zero-order valence-corrected chi connectivity index (χ0v) is 10.3. The van der Waals surface area contributed by atoms with Crippen LogP contribution in [0.15, 0.2) is 6.07 Å². The fourth-order valence-electron chi connectivity index (χ4n) is 1.72. The van der Waals surface area contributed by atoms with Crippen LogP contribution in [0.25, 0.3) is 0 Å². The largest absolute Gasteiger partial charge is 0.368 e. The molecule has 0 aromatic carbocycles. The molecule has 1 atom stereocenters. The van der Waals surface area contributed by atoms with Crippen molar-refractivity contribution in [2.45, 2.75) is 32.3 Å². The molecular formula is C11H14ClN3O2. The van der Waals surface area contributed by atoms with Gasteiger partial charge in [-0.15, -0.1) is 0 Å². The molecule has 0 spiro atoms. The molecule has 1 aliphatic rings. The number of aryl methyl sites for hydroxylation is 1. The number of amides is 1. The minimum absolute atomic E-state index is 0.202. The van der Waals surface area contributed by atoms with Crippen molar-refractivity contribution in [3.8, 4) is 0 Å². The summed E-state index contributed by atoms with van der Waals surface area (Å²) in [6.07, 6.45) is 2.36. The summed E-state index contributed by atoms with van der Waals surface area (Å²) in [5.41, 5.74) is 0.713. The van der Waals surface area contributed by atoms with Crippen molar-refractivity contribution in [3.63, 3.8) is 0 Å². The molecule has 1 fully saturated rings. The summed E-state index contributed by atoms with van der Waals surface area (Å²) in [4.78, 5) is 19.9. The first-order chi connectivity index (χ1) is 8.15. The Morgan fingerprint density at radius 2 is 2.35 bits per heavy atom. The van der Waals surface area contributed by atoms with Gasteiger partial charge in [0, 0.05) is 12.3 Å². The fraction of sp³-hybridized carbons (Fsp3) is 0.545. The van der Waals surface area contributed by atoms with Crippen LogP contribution in [0.1, 0.15) is 25.0 Å². The second-order valence-corrected chi connectivity index (χ2v) is 4.39. The van der Waals surface area contributed by atoms with E-state index in [1.807, 2.05) is 0 Å². The molecule has 92 valence electrons. The Kier molecular flexibility index (Phi) is 3.91. The Labute approximate surface area is 105 Å². The molecule has 1 aromatic rings. The Morgan fingerprint density at radius 1 is 1.53 bits per heavy atom. The lowest BCUT2D eigenvalue weighted by atomic mass is 10.1. The van der Waals surface area contributed by atoms with Crippen LogP contribution in [0.3, 0.4) is 0 Å². The van der Waals surface area contributed by atoms with Gasteiger partial charge in [0.05, 0.1) is 0 Å². The maximum Gasteiger partial charge on any atom is 0.255 e. The number of carbonyl (C=O) groups excluding carboxylic acids is 1. The maximum atomic E-state index is 11.8. The Balaban J connectivity index is 2.01. The lowest BCUT2D eigenvalue weighted by molar-refractivity contribution is -0.130. The van der Waals surface area contributed by atoms with Crippen LogP contribution in [-0.4, -0.2) is 28.6 Å². The summed E-state index contributed by atoms with van der Waals surface area (Å²) in [6.45, 7) is 2.42. The van der Waals surface area contributed by atoms with E-state index in [0.29, 0.717) is 17.5 Å². The molecule has 1 unspecified atom stereocenters. The van der Waals surface area contributed by atoms with E-state index in [0.717, 1.165) is 19.3 Å². The average molecular weight is 256 g/mol. The standard InChI is InChI=1S/C11H14ClN3O2/c1-7-6-9(12)14-11(13-7)15-10(16)8-4-2-3-5-17-8/h6,8H,2-5H2,1H3,(H,13,14,15,16). The molecule has 0 bridgehead atoms. The van der Waals surface area contributed by atoms with Gasteiger partial charge in [-0.25, -0.2) is 9.97 Å². The van der Waals surface area contributed by atoms with Crippen LogP contribution in [0.2, 0.25) is 5.15 Å². The number of aromatic nitrogens is 2. The third-order valence-electron chi connectivity index (χ3n) is 2.53. The fourth-order valence-corrected chi connectivity index (χ4v) is 1.96. The summed E-state index contributed by atoms with van der Waals surface area (Å²) in [5.74, 6) is 0.0283. The molecule has 1 amide bonds. The molecule has 2 rings (SSSR count). The minimum atomic E-state index is -0.397. The number of nitrogens with zero attached hydrogens (tertiary/aromatic N) is 2. The van der Waals surface area contributed by atoms with Crippen LogP contribution in [0.5, 0.6) is 0 Å². The smallest absolute Gasteiger partial charge is 0.255 e. The van der Waals surface area contributed by atoms with Gasteiger partial charge in [0.1, 0.15) is 11.3 Å². The van der Waals surface area contributed by atoms with E-state index in [9.17, 15) is 4.79 Å². The Hall–Kier alpha value is -1.20. The molecule has 1 aromatic heterocycles. The van der Waals surface area contributed by atoms with Crippen molar-refractivity contribution in [3.05, 3.63) is 16.9 Å². The lowest BCUT2D eigenvalue weighted by Crippen LogP contribution is -2.33. The summed E-state index contributed by atoms with van der Waals surface area (Å²) >= 11 is 5.79. The molecule has 0 aliphatic carbocycles. The summed E-state index contributed by atoms with van der Waals surface area (Å²) < 4.78 is 5.37. The topological polar surface area (TPSA) is 64.1 Å². The van der Waals surface area contributed by atoms with Gasteiger partial charge < -0.3 is 4.74 Å². The van der Waals surface area contributed by atoms with Crippen molar-refractivity contribution < 1.29 is 9.53 Å². The first-order valence-corrected chi connectivity index (χ1v) is 5.96. The predicted octanol–water partition coefficient (Wildman–Crippen LogP) is 1.95. The zero-order chi connectivity index (χ0) is 12.3.